The van der Waals surface area contributed by atoms with Crippen LogP contribution < -0.4 is 10.1 Å². The quantitative estimate of drug-likeness (QED) is 0.677. The van der Waals surface area contributed by atoms with Gasteiger partial charge in [0.25, 0.3) is 11.8 Å². The molecule has 0 aliphatic rings. The van der Waals surface area contributed by atoms with Crippen LogP contribution in [0.25, 0.3) is 0 Å². The van der Waals surface area contributed by atoms with Crippen molar-refractivity contribution >= 4 is 11.8 Å². The number of carbonyl (C=O) groups excluding carboxylic acids is 2. The molecule has 0 saturated heterocycles. The molecule has 7 nitrogen and oxygen atoms in total. The Morgan fingerprint density at radius 2 is 1.86 bits per heavy atom. The molecule has 0 atom stereocenters. The molecular formula is C21H29N3O4. The lowest BCUT2D eigenvalue weighted by Crippen LogP contribution is -2.37. The minimum absolute atomic E-state index is 0.0629. The molecule has 0 unspecified atom stereocenters. The number of ether oxygens (including phenoxy) is 1. The van der Waals surface area contributed by atoms with Gasteiger partial charge < -0.3 is 19.5 Å². The number of para-hydroxylation sites is 1. The molecule has 7 heteroatoms. The van der Waals surface area contributed by atoms with E-state index in [9.17, 15) is 9.59 Å². The maximum atomic E-state index is 12.6. The number of carbonyl (C=O) groups is 2. The van der Waals surface area contributed by atoms with Gasteiger partial charge in [-0.3, -0.25) is 9.59 Å². The van der Waals surface area contributed by atoms with Crippen molar-refractivity contribution in [2.24, 2.45) is 11.8 Å². The number of amides is 2. The fourth-order valence-electron chi connectivity index (χ4n) is 2.52. The summed E-state index contributed by atoms with van der Waals surface area (Å²) in [6, 6.07) is 10.8. The third-order valence-electron chi connectivity index (χ3n) is 3.85. The molecule has 28 heavy (non-hydrogen) atoms. The number of hydrogen-bond donors (Lipinski definition) is 1. The fourth-order valence-corrected chi connectivity index (χ4v) is 2.52. The van der Waals surface area contributed by atoms with E-state index in [0.717, 1.165) is 0 Å². The molecular weight excluding hydrogens is 358 g/mol. The Bertz CT molecular complexity index is 756. The molecule has 2 amide bonds. The first kappa shape index (κ1) is 21.5. The second-order valence-corrected chi connectivity index (χ2v) is 7.55. The highest BCUT2D eigenvalue weighted by atomic mass is 16.5. The van der Waals surface area contributed by atoms with Gasteiger partial charge >= 0.3 is 0 Å². The van der Waals surface area contributed by atoms with Crippen LogP contribution in [0.2, 0.25) is 0 Å². The molecule has 2 aromatic rings. The molecule has 0 aliphatic heterocycles. The first-order chi connectivity index (χ1) is 13.3. The molecule has 0 aliphatic carbocycles. The van der Waals surface area contributed by atoms with Crippen molar-refractivity contribution < 1.29 is 18.8 Å². The summed E-state index contributed by atoms with van der Waals surface area (Å²) >= 11 is 0. The van der Waals surface area contributed by atoms with Crippen molar-refractivity contribution in [2.45, 2.75) is 34.2 Å². The van der Waals surface area contributed by atoms with E-state index in [1.165, 1.54) is 0 Å². The first-order valence-electron chi connectivity index (χ1n) is 9.54. The standard InChI is InChI=1S/C21H29N3O4/c1-15(2)11-22-21(26)19-10-18(28-23-19)13-24(12-16(3)4)20(25)14-27-17-8-6-5-7-9-17/h5-10,15-16H,11-14H2,1-4H3,(H,22,26). The monoisotopic (exact) mass is 387 g/mol. The molecule has 152 valence electrons. The summed E-state index contributed by atoms with van der Waals surface area (Å²) in [5.74, 6) is 1.29. The predicted octanol–water partition coefficient (Wildman–Crippen LogP) is 3.12. The summed E-state index contributed by atoms with van der Waals surface area (Å²) in [7, 11) is 0. The zero-order valence-corrected chi connectivity index (χ0v) is 17.0. The highest BCUT2D eigenvalue weighted by molar-refractivity contribution is 5.92. The third-order valence-corrected chi connectivity index (χ3v) is 3.85. The summed E-state index contributed by atoms with van der Waals surface area (Å²) in [4.78, 5) is 26.4. The van der Waals surface area contributed by atoms with E-state index in [4.69, 9.17) is 9.26 Å². The van der Waals surface area contributed by atoms with E-state index in [-0.39, 0.29) is 36.6 Å². The summed E-state index contributed by atoms with van der Waals surface area (Å²) in [6.45, 7) is 9.38. The van der Waals surface area contributed by atoms with Crippen LogP contribution in [-0.4, -0.2) is 41.6 Å². The van der Waals surface area contributed by atoms with Crippen LogP contribution in [0.4, 0.5) is 0 Å². The lowest BCUT2D eigenvalue weighted by atomic mass is 10.2. The highest BCUT2D eigenvalue weighted by Gasteiger charge is 2.20. The van der Waals surface area contributed by atoms with Crippen LogP contribution in [0.5, 0.6) is 5.75 Å². The van der Waals surface area contributed by atoms with Crippen molar-refractivity contribution in [1.82, 2.24) is 15.4 Å². The average molecular weight is 387 g/mol. The summed E-state index contributed by atoms with van der Waals surface area (Å²) in [5.41, 5.74) is 0.216. The van der Waals surface area contributed by atoms with E-state index in [2.05, 4.69) is 10.5 Å². The maximum absolute atomic E-state index is 12.6. The van der Waals surface area contributed by atoms with Gasteiger partial charge in [-0.05, 0) is 24.0 Å². The van der Waals surface area contributed by atoms with Crippen LogP contribution in [0.1, 0.15) is 43.9 Å². The Labute approximate surface area is 166 Å². The topological polar surface area (TPSA) is 84.7 Å². The van der Waals surface area contributed by atoms with Gasteiger partial charge in [-0.1, -0.05) is 51.1 Å². The summed E-state index contributed by atoms with van der Waals surface area (Å²) in [5, 5.41) is 6.62. The van der Waals surface area contributed by atoms with E-state index in [1.54, 1.807) is 23.1 Å². The molecule has 1 N–H and O–H groups in total. The molecule has 0 saturated carbocycles. The molecule has 0 radical (unpaired) electrons. The predicted molar refractivity (Wildman–Crippen MR) is 106 cm³/mol. The van der Waals surface area contributed by atoms with Crippen molar-refractivity contribution in [3.05, 3.63) is 47.9 Å². The first-order valence-corrected chi connectivity index (χ1v) is 9.54. The van der Waals surface area contributed by atoms with Crippen LogP contribution in [0.3, 0.4) is 0 Å². The molecule has 0 bridgehead atoms. The number of nitrogens with zero attached hydrogens (tertiary/aromatic N) is 2. The van der Waals surface area contributed by atoms with Gasteiger partial charge in [0.2, 0.25) is 0 Å². The van der Waals surface area contributed by atoms with Crippen molar-refractivity contribution in [3.63, 3.8) is 0 Å². The summed E-state index contributed by atoms with van der Waals surface area (Å²) in [6.07, 6.45) is 0. The van der Waals surface area contributed by atoms with Gasteiger partial charge in [-0.25, -0.2) is 0 Å². The Morgan fingerprint density at radius 1 is 1.14 bits per heavy atom. The van der Waals surface area contributed by atoms with Crippen molar-refractivity contribution in [2.75, 3.05) is 19.7 Å². The van der Waals surface area contributed by atoms with Crippen molar-refractivity contribution in [3.8, 4) is 5.75 Å². The molecule has 1 aromatic heterocycles. The van der Waals surface area contributed by atoms with Gasteiger partial charge in [0.05, 0.1) is 6.54 Å². The third kappa shape index (κ3) is 7.06. The van der Waals surface area contributed by atoms with Crippen LogP contribution >= 0.6 is 0 Å². The van der Waals surface area contributed by atoms with Gasteiger partial charge in [0.1, 0.15) is 5.75 Å². The van der Waals surface area contributed by atoms with E-state index >= 15 is 0 Å². The van der Waals surface area contributed by atoms with E-state index in [1.807, 2.05) is 45.9 Å². The minimum atomic E-state index is -0.280. The van der Waals surface area contributed by atoms with Crippen LogP contribution in [0.15, 0.2) is 40.9 Å². The fraction of sp³-hybridized carbons (Fsp3) is 0.476. The minimum Gasteiger partial charge on any atom is -0.484 e. The Morgan fingerprint density at radius 3 is 2.50 bits per heavy atom. The number of aromatic nitrogens is 1. The zero-order valence-electron chi connectivity index (χ0n) is 17.0. The average Bonchev–Trinajstić information content (AvgIpc) is 3.12. The Balaban J connectivity index is 1.97. The lowest BCUT2D eigenvalue weighted by molar-refractivity contribution is -0.134. The number of rotatable bonds is 10. The normalized spacial score (nSPS) is 10.9. The molecule has 0 spiro atoms. The smallest absolute Gasteiger partial charge is 0.273 e. The van der Waals surface area contributed by atoms with E-state index in [0.29, 0.717) is 30.5 Å². The molecule has 0 fully saturated rings. The van der Waals surface area contributed by atoms with Crippen LogP contribution in [-0.2, 0) is 11.3 Å². The second-order valence-electron chi connectivity index (χ2n) is 7.55. The Hall–Kier alpha value is -2.83. The maximum Gasteiger partial charge on any atom is 0.273 e. The van der Waals surface area contributed by atoms with Gasteiger partial charge in [0.15, 0.2) is 18.1 Å². The van der Waals surface area contributed by atoms with Crippen LogP contribution in [0, 0.1) is 11.8 Å². The number of nitrogens with one attached hydrogen (secondary N) is 1. The number of hydrogen-bond acceptors (Lipinski definition) is 5. The SMILES string of the molecule is CC(C)CNC(=O)c1cc(CN(CC(C)C)C(=O)COc2ccccc2)on1. The largest absolute Gasteiger partial charge is 0.484 e. The lowest BCUT2D eigenvalue weighted by Gasteiger charge is -2.23. The Kier molecular flexibility index (Phi) is 8.04. The second kappa shape index (κ2) is 10.5. The highest BCUT2D eigenvalue weighted by Crippen LogP contribution is 2.12. The summed E-state index contributed by atoms with van der Waals surface area (Å²) < 4.78 is 10.8. The van der Waals surface area contributed by atoms with Gasteiger partial charge in [0, 0.05) is 19.2 Å². The molecule has 2 rings (SSSR count). The van der Waals surface area contributed by atoms with Gasteiger partial charge in [-0.2, -0.15) is 0 Å². The molecule has 1 aromatic carbocycles. The van der Waals surface area contributed by atoms with Gasteiger partial charge in [-0.15, -0.1) is 0 Å². The van der Waals surface area contributed by atoms with Crippen molar-refractivity contribution in [1.29, 1.82) is 0 Å². The molecule has 1 heterocycles. The van der Waals surface area contributed by atoms with E-state index < -0.39 is 0 Å². The zero-order chi connectivity index (χ0) is 20.5. The number of benzene rings is 1.